The van der Waals surface area contributed by atoms with Gasteiger partial charge in [-0.05, 0) is 53.5 Å². The molecule has 0 aliphatic carbocycles. The fourth-order valence-electron chi connectivity index (χ4n) is 1.37. The summed E-state index contributed by atoms with van der Waals surface area (Å²) in [5.41, 5.74) is 2.49. The predicted molar refractivity (Wildman–Crippen MR) is 72.0 cm³/mol. The van der Waals surface area contributed by atoms with Crippen LogP contribution in [0.25, 0.3) is 0 Å². The molecule has 0 radical (unpaired) electrons. The second-order valence-corrected chi connectivity index (χ2v) is 5.64. The molecular formula is C13H12BrNS. The molecule has 0 saturated heterocycles. The molecule has 0 unspecified atom stereocenters. The summed E-state index contributed by atoms with van der Waals surface area (Å²) in [6.45, 7) is 4.18. The monoisotopic (exact) mass is 293 g/mol. The summed E-state index contributed by atoms with van der Waals surface area (Å²) in [4.78, 5) is 5.61. The maximum Gasteiger partial charge on any atom is 0.101 e. The molecule has 0 spiro atoms. The van der Waals surface area contributed by atoms with E-state index in [9.17, 15) is 0 Å². The largest absolute Gasteiger partial charge is 0.248 e. The molecule has 0 saturated carbocycles. The van der Waals surface area contributed by atoms with Crippen LogP contribution in [0, 0.1) is 13.8 Å². The first-order valence-electron chi connectivity index (χ1n) is 5.02. The SMILES string of the molecule is Cc1cccc(Sc2cc(C)c(Br)cn2)c1. The van der Waals surface area contributed by atoms with E-state index in [0.29, 0.717) is 0 Å². The van der Waals surface area contributed by atoms with Crippen molar-refractivity contribution in [1.29, 1.82) is 0 Å². The van der Waals surface area contributed by atoms with Crippen LogP contribution >= 0.6 is 27.7 Å². The van der Waals surface area contributed by atoms with Gasteiger partial charge in [0.05, 0.1) is 0 Å². The Morgan fingerprint density at radius 2 is 2.00 bits per heavy atom. The van der Waals surface area contributed by atoms with E-state index < -0.39 is 0 Å². The highest BCUT2D eigenvalue weighted by molar-refractivity contribution is 9.10. The molecule has 0 N–H and O–H groups in total. The molecule has 16 heavy (non-hydrogen) atoms. The lowest BCUT2D eigenvalue weighted by Crippen LogP contribution is -1.83. The Labute approximate surface area is 108 Å². The summed E-state index contributed by atoms with van der Waals surface area (Å²) in [5.74, 6) is 0. The van der Waals surface area contributed by atoms with Gasteiger partial charge in [0.2, 0.25) is 0 Å². The Balaban J connectivity index is 2.24. The van der Waals surface area contributed by atoms with Gasteiger partial charge in [-0.1, -0.05) is 29.5 Å². The van der Waals surface area contributed by atoms with Gasteiger partial charge in [0.1, 0.15) is 5.03 Å². The van der Waals surface area contributed by atoms with Crippen molar-refractivity contribution in [3.05, 3.63) is 52.1 Å². The van der Waals surface area contributed by atoms with E-state index in [4.69, 9.17) is 0 Å². The molecule has 2 rings (SSSR count). The van der Waals surface area contributed by atoms with Crippen LogP contribution in [0.5, 0.6) is 0 Å². The van der Waals surface area contributed by atoms with E-state index in [-0.39, 0.29) is 0 Å². The Morgan fingerprint density at radius 1 is 1.19 bits per heavy atom. The Morgan fingerprint density at radius 3 is 2.69 bits per heavy atom. The van der Waals surface area contributed by atoms with Crippen molar-refractivity contribution in [3.8, 4) is 0 Å². The van der Waals surface area contributed by atoms with Crippen LogP contribution in [0.15, 0.2) is 50.9 Å². The number of halogens is 1. The number of pyridine rings is 1. The first-order chi connectivity index (χ1) is 7.65. The quantitative estimate of drug-likeness (QED) is 0.802. The average Bonchev–Trinajstić information content (AvgIpc) is 2.24. The van der Waals surface area contributed by atoms with Gasteiger partial charge in [-0.25, -0.2) is 4.98 Å². The third kappa shape index (κ3) is 2.86. The van der Waals surface area contributed by atoms with Crippen molar-refractivity contribution in [2.24, 2.45) is 0 Å². The van der Waals surface area contributed by atoms with E-state index in [2.05, 4.69) is 65.1 Å². The maximum absolute atomic E-state index is 4.38. The summed E-state index contributed by atoms with van der Waals surface area (Å²) in [6, 6.07) is 10.5. The van der Waals surface area contributed by atoms with Gasteiger partial charge in [0.15, 0.2) is 0 Å². The molecule has 1 nitrogen and oxygen atoms in total. The number of aromatic nitrogens is 1. The molecule has 3 heteroatoms. The molecule has 2 aromatic rings. The van der Waals surface area contributed by atoms with Crippen LogP contribution in [0.3, 0.4) is 0 Å². The van der Waals surface area contributed by atoms with Gasteiger partial charge in [-0.3, -0.25) is 0 Å². The second kappa shape index (κ2) is 5.02. The highest BCUT2D eigenvalue weighted by Crippen LogP contribution is 2.28. The topological polar surface area (TPSA) is 12.9 Å². The molecule has 1 aromatic carbocycles. The van der Waals surface area contributed by atoms with Crippen LogP contribution < -0.4 is 0 Å². The van der Waals surface area contributed by atoms with E-state index in [1.807, 2.05) is 6.20 Å². The number of aryl methyl sites for hydroxylation is 2. The van der Waals surface area contributed by atoms with Crippen molar-refractivity contribution in [2.75, 3.05) is 0 Å². The van der Waals surface area contributed by atoms with Gasteiger partial charge in [0, 0.05) is 15.6 Å². The summed E-state index contributed by atoms with van der Waals surface area (Å²) < 4.78 is 1.06. The zero-order valence-electron chi connectivity index (χ0n) is 9.20. The van der Waals surface area contributed by atoms with Gasteiger partial charge >= 0.3 is 0 Å². The van der Waals surface area contributed by atoms with Gasteiger partial charge in [-0.15, -0.1) is 0 Å². The molecule has 1 aromatic heterocycles. The molecule has 0 bridgehead atoms. The fraction of sp³-hybridized carbons (Fsp3) is 0.154. The predicted octanol–water partition coefficient (Wildman–Crippen LogP) is 4.61. The summed E-state index contributed by atoms with van der Waals surface area (Å²) in [6.07, 6.45) is 1.85. The lowest BCUT2D eigenvalue weighted by Gasteiger charge is -2.04. The van der Waals surface area contributed by atoms with Crippen LogP contribution in [-0.2, 0) is 0 Å². The second-order valence-electron chi connectivity index (χ2n) is 3.69. The van der Waals surface area contributed by atoms with Gasteiger partial charge in [0.25, 0.3) is 0 Å². The molecule has 0 aliphatic rings. The van der Waals surface area contributed by atoms with Crippen molar-refractivity contribution >= 4 is 27.7 Å². The number of rotatable bonds is 2. The first-order valence-corrected chi connectivity index (χ1v) is 6.63. The van der Waals surface area contributed by atoms with Crippen molar-refractivity contribution < 1.29 is 0 Å². The normalized spacial score (nSPS) is 10.4. The molecule has 0 aliphatic heterocycles. The molecule has 0 fully saturated rings. The Hall–Kier alpha value is -0.800. The third-order valence-corrected chi connectivity index (χ3v) is 3.99. The van der Waals surface area contributed by atoms with E-state index in [1.54, 1.807) is 11.8 Å². The Kier molecular flexibility index (Phi) is 3.66. The van der Waals surface area contributed by atoms with Crippen LogP contribution in [-0.4, -0.2) is 4.98 Å². The van der Waals surface area contributed by atoms with Gasteiger partial charge < -0.3 is 0 Å². The zero-order valence-corrected chi connectivity index (χ0v) is 11.6. The fourth-order valence-corrected chi connectivity index (χ4v) is 2.56. The molecule has 0 amide bonds. The van der Waals surface area contributed by atoms with E-state index >= 15 is 0 Å². The van der Waals surface area contributed by atoms with E-state index in [1.165, 1.54) is 16.0 Å². The number of hydrogen-bond acceptors (Lipinski definition) is 2. The van der Waals surface area contributed by atoms with Crippen molar-refractivity contribution in [1.82, 2.24) is 4.98 Å². The van der Waals surface area contributed by atoms with Crippen molar-refractivity contribution in [2.45, 2.75) is 23.8 Å². The number of nitrogens with zero attached hydrogens (tertiary/aromatic N) is 1. The summed E-state index contributed by atoms with van der Waals surface area (Å²) in [7, 11) is 0. The van der Waals surface area contributed by atoms with Crippen LogP contribution in [0.1, 0.15) is 11.1 Å². The lowest BCUT2D eigenvalue weighted by atomic mass is 10.2. The van der Waals surface area contributed by atoms with Gasteiger partial charge in [-0.2, -0.15) is 0 Å². The maximum atomic E-state index is 4.38. The smallest absolute Gasteiger partial charge is 0.101 e. The molecular weight excluding hydrogens is 282 g/mol. The number of benzene rings is 1. The summed E-state index contributed by atoms with van der Waals surface area (Å²) in [5, 5.41) is 1.03. The standard InChI is InChI=1S/C13H12BrNS/c1-9-4-3-5-11(6-9)16-13-7-10(2)12(14)8-15-13/h3-8H,1-2H3. The van der Waals surface area contributed by atoms with Crippen molar-refractivity contribution in [3.63, 3.8) is 0 Å². The average molecular weight is 294 g/mol. The van der Waals surface area contributed by atoms with Crippen LogP contribution in [0.2, 0.25) is 0 Å². The zero-order chi connectivity index (χ0) is 11.5. The molecule has 1 heterocycles. The highest BCUT2D eigenvalue weighted by Gasteiger charge is 2.01. The first kappa shape index (κ1) is 11.7. The number of hydrogen-bond donors (Lipinski definition) is 0. The minimum atomic E-state index is 1.03. The lowest BCUT2D eigenvalue weighted by molar-refractivity contribution is 1.10. The molecule has 0 atom stereocenters. The highest BCUT2D eigenvalue weighted by atomic mass is 79.9. The summed E-state index contributed by atoms with van der Waals surface area (Å²) >= 11 is 5.15. The Bertz CT molecular complexity index is 511. The molecule has 82 valence electrons. The third-order valence-electron chi connectivity index (χ3n) is 2.23. The van der Waals surface area contributed by atoms with E-state index in [0.717, 1.165) is 9.50 Å². The minimum absolute atomic E-state index is 1.03. The van der Waals surface area contributed by atoms with Crippen LogP contribution in [0.4, 0.5) is 0 Å². The minimum Gasteiger partial charge on any atom is -0.248 e.